The van der Waals surface area contributed by atoms with Crippen LogP contribution in [-0.2, 0) is 17.6 Å². The van der Waals surface area contributed by atoms with Gasteiger partial charge in [-0.1, -0.05) is 20.3 Å². The van der Waals surface area contributed by atoms with E-state index in [4.69, 9.17) is 0 Å². The number of carbonyl (C=O) groups is 1. The van der Waals surface area contributed by atoms with Crippen molar-refractivity contribution in [1.82, 2.24) is 0 Å². The molecule has 0 spiro atoms. The summed E-state index contributed by atoms with van der Waals surface area (Å²) in [5, 5.41) is 0.173. The smallest absolute Gasteiger partial charge is 0.0654 e. The molecular formula is C30H54B2O. The Labute approximate surface area is 208 Å². The Balaban J connectivity index is 2.78. The van der Waals surface area contributed by atoms with E-state index in [-0.39, 0.29) is 5.31 Å². The van der Waals surface area contributed by atoms with Crippen LogP contribution < -0.4 is 0 Å². The molecule has 0 aliphatic rings. The molecule has 0 amide bonds. The fourth-order valence-corrected chi connectivity index (χ4v) is 5.35. The average molecular weight is 452 g/mol. The molecule has 0 radical (unpaired) electrons. The van der Waals surface area contributed by atoms with Gasteiger partial charge in [-0.3, -0.25) is 0 Å². The van der Waals surface area contributed by atoms with Crippen molar-refractivity contribution < 1.29 is 4.79 Å². The van der Waals surface area contributed by atoms with Gasteiger partial charge < -0.3 is 0 Å². The molecule has 0 aliphatic carbocycles. The van der Waals surface area contributed by atoms with Crippen LogP contribution in [0.5, 0.6) is 0 Å². The monoisotopic (exact) mass is 452 g/mol. The van der Waals surface area contributed by atoms with Gasteiger partial charge in [0, 0.05) is 0 Å². The zero-order chi connectivity index (χ0) is 24.6. The molecule has 1 atom stereocenters. The maximum atomic E-state index is 13.3. The average Bonchev–Trinajstić information content (AvgIpc) is 2.76. The van der Waals surface area contributed by atoms with Crippen molar-refractivity contribution in [1.29, 1.82) is 0 Å². The number of hydrogen-bond donors (Lipinski definition) is 0. The molecule has 0 bridgehead atoms. The Bertz CT molecular complexity index is 654. The first-order chi connectivity index (χ1) is 15.7. The second-order valence-corrected chi connectivity index (χ2v) is 11.9. The molecular weight excluding hydrogens is 398 g/mol. The number of rotatable bonds is 20. The van der Waals surface area contributed by atoms with Gasteiger partial charge in [0.1, 0.15) is 0 Å². The van der Waals surface area contributed by atoms with Crippen LogP contribution in [0, 0.1) is 5.41 Å². The van der Waals surface area contributed by atoms with E-state index in [0.29, 0.717) is 17.5 Å². The number of hydrogen-bond acceptors (Lipinski definition) is 1. The third-order valence-corrected chi connectivity index (χ3v) is 7.52. The Morgan fingerprint density at radius 3 is 1.97 bits per heavy atom. The van der Waals surface area contributed by atoms with Crippen LogP contribution >= 0.6 is 0 Å². The molecule has 1 rings (SSSR count). The van der Waals surface area contributed by atoms with Crippen molar-refractivity contribution in [2.24, 2.45) is 5.41 Å². The molecule has 0 aliphatic heterocycles. The third-order valence-electron chi connectivity index (χ3n) is 7.52. The zero-order valence-corrected chi connectivity index (χ0v) is 23.2. The molecule has 1 aromatic rings. The Morgan fingerprint density at radius 1 is 0.788 bits per heavy atom. The predicted molar refractivity (Wildman–Crippen MR) is 151 cm³/mol. The van der Waals surface area contributed by atoms with Crippen molar-refractivity contribution in [2.75, 3.05) is 0 Å². The van der Waals surface area contributed by atoms with E-state index in [0.717, 1.165) is 13.7 Å². The fraction of sp³-hybridized carbons (Fsp3) is 0.800. The van der Waals surface area contributed by atoms with Crippen LogP contribution in [0.1, 0.15) is 143 Å². The van der Waals surface area contributed by atoms with E-state index in [1.165, 1.54) is 101 Å². The normalized spacial score (nSPS) is 13.5. The Kier molecular flexibility index (Phi) is 15.3. The van der Waals surface area contributed by atoms with Gasteiger partial charge in [-0.05, 0) is 0 Å². The molecule has 3 heteroatoms. The van der Waals surface area contributed by atoms with E-state index in [1.54, 1.807) is 0 Å². The van der Waals surface area contributed by atoms with Crippen LogP contribution in [0.15, 0.2) is 18.0 Å². The summed E-state index contributed by atoms with van der Waals surface area (Å²) in [6.07, 6.45) is 19.6. The summed E-state index contributed by atoms with van der Waals surface area (Å²) >= 11 is 0. The summed E-state index contributed by atoms with van der Waals surface area (Å²) in [5.41, 5.74) is 3.39. The third kappa shape index (κ3) is 13.6. The van der Waals surface area contributed by atoms with Crippen molar-refractivity contribution in [3.8, 4) is 0 Å². The maximum absolute atomic E-state index is 13.3. The molecule has 186 valence electrons. The van der Waals surface area contributed by atoms with Gasteiger partial charge in [-0.15, -0.1) is 0 Å². The van der Waals surface area contributed by atoms with Gasteiger partial charge in [0.25, 0.3) is 0 Å². The molecule has 1 heterocycles. The van der Waals surface area contributed by atoms with E-state index < -0.39 is 0 Å². The topological polar surface area (TPSA) is 17.1 Å². The standard InChI is InChI=1S/C30H54B2O/c1-7-10-13-15-17-21-30(6,20-16-14-11-8-2)32-28(33)23-26-18-22-31-25-27(26)24-29(4,5)19-12-9-3/h18,22,25,32H,7-17,19-21,23-24H2,1-6H3. The molecule has 1 nitrogen and oxygen atoms in total. The summed E-state index contributed by atoms with van der Waals surface area (Å²) in [7, 11) is 0.750. The molecule has 0 fully saturated rings. The van der Waals surface area contributed by atoms with E-state index in [9.17, 15) is 4.79 Å². The molecule has 33 heavy (non-hydrogen) atoms. The first-order valence-electron chi connectivity index (χ1n) is 14.3. The first-order valence-corrected chi connectivity index (χ1v) is 14.3. The Morgan fingerprint density at radius 2 is 1.36 bits per heavy atom. The molecule has 0 saturated heterocycles. The second kappa shape index (κ2) is 16.7. The summed E-state index contributed by atoms with van der Waals surface area (Å²) in [6, 6.07) is 2.20. The molecule has 1 aromatic heterocycles. The number of carbonyl (C=O) groups excluding carboxylic acids is 1. The van der Waals surface area contributed by atoms with Gasteiger partial charge in [-0.25, -0.2) is 0 Å². The van der Waals surface area contributed by atoms with Crippen LogP contribution in [0.25, 0.3) is 0 Å². The summed E-state index contributed by atoms with van der Waals surface area (Å²) in [4.78, 5) is 13.3. The van der Waals surface area contributed by atoms with Crippen molar-refractivity contribution >= 4 is 19.9 Å². The minimum atomic E-state index is 0.173. The van der Waals surface area contributed by atoms with Crippen molar-refractivity contribution in [3.63, 3.8) is 0 Å². The quantitative estimate of drug-likeness (QED) is 0.143. The molecule has 1 unspecified atom stereocenters. The van der Waals surface area contributed by atoms with Gasteiger partial charge in [-0.2, -0.15) is 0 Å². The van der Waals surface area contributed by atoms with Gasteiger partial charge in [0.05, 0.1) is 0 Å². The van der Waals surface area contributed by atoms with Crippen LogP contribution in [-0.4, -0.2) is 19.9 Å². The first kappa shape index (κ1) is 30.2. The SMILES string of the molecule is CCCCCCCC(C)(BC(=O)Cc1ccbcc1CC(C)(C)CCCC)CCCCCC. The van der Waals surface area contributed by atoms with E-state index in [1.807, 2.05) is 0 Å². The molecule has 0 N–H and O–H groups in total. The van der Waals surface area contributed by atoms with Crippen LogP contribution in [0.4, 0.5) is 0 Å². The fourth-order valence-electron chi connectivity index (χ4n) is 5.35. The van der Waals surface area contributed by atoms with Crippen LogP contribution in [0.2, 0.25) is 5.31 Å². The van der Waals surface area contributed by atoms with Crippen molar-refractivity contribution in [2.45, 2.75) is 150 Å². The van der Waals surface area contributed by atoms with Crippen LogP contribution in [0.3, 0.4) is 0 Å². The minimum absolute atomic E-state index is 0.173. The van der Waals surface area contributed by atoms with Crippen molar-refractivity contribution in [3.05, 3.63) is 29.1 Å². The zero-order valence-electron chi connectivity index (χ0n) is 23.2. The van der Waals surface area contributed by atoms with Gasteiger partial charge in [0.2, 0.25) is 0 Å². The predicted octanol–water partition coefficient (Wildman–Crippen LogP) is 8.80. The summed E-state index contributed by atoms with van der Waals surface area (Å²) < 4.78 is 0. The summed E-state index contributed by atoms with van der Waals surface area (Å²) in [6.45, 7) is 16.1. The Hall–Kier alpha value is -0.850. The van der Waals surface area contributed by atoms with E-state index in [2.05, 4.69) is 66.4 Å². The van der Waals surface area contributed by atoms with Gasteiger partial charge in [0.15, 0.2) is 0 Å². The molecule has 0 saturated carbocycles. The van der Waals surface area contributed by atoms with Gasteiger partial charge >= 0.3 is 189 Å². The molecule has 0 aromatic carbocycles. The second-order valence-electron chi connectivity index (χ2n) is 11.9. The summed E-state index contributed by atoms with van der Waals surface area (Å²) in [5.74, 6) is 4.37. The van der Waals surface area contributed by atoms with E-state index >= 15 is 0 Å². The number of unbranched alkanes of at least 4 members (excludes halogenated alkanes) is 8. The minimum Gasteiger partial charge on any atom is -0.0654 e.